The van der Waals surface area contributed by atoms with Crippen LogP contribution in [0.25, 0.3) is 0 Å². The number of thiol groups is 1. The second-order valence-corrected chi connectivity index (χ2v) is 4.23. The van der Waals surface area contributed by atoms with Gasteiger partial charge in [0.15, 0.2) is 0 Å². The lowest BCUT2D eigenvalue weighted by Gasteiger charge is -2.24. The van der Waals surface area contributed by atoms with Crippen LogP contribution in [-0.4, -0.2) is 54.1 Å². The van der Waals surface area contributed by atoms with Crippen molar-refractivity contribution in [1.82, 2.24) is 15.5 Å². The smallest absolute Gasteiger partial charge is 0.246 e. The van der Waals surface area contributed by atoms with Crippen LogP contribution in [0.2, 0.25) is 0 Å². The minimum atomic E-state index is -0.621. The first-order valence-electron chi connectivity index (χ1n) is 5.48. The quantitative estimate of drug-likeness (QED) is 0.555. The third kappa shape index (κ3) is 4.26. The molecule has 1 atom stereocenters. The molecule has 1 heterocycles. The maximum Gasteiger partial charge on any atom is 0.246 e. The number of carbonyl (C=O) groups excluding carboxylic acids is 3. The van der Waals surface area contributed by atoms with Gasteiger partial charge in [-0.1, -0.05) is 0 Å². The zero-order valence-corrected chi connectivity index (χ0v) is 10.6. The van der Waals surface area contributed by atoms with Crippen molar-refractivity contribution in [2.45, 2.75) is 19.4 Å². The number of hydrogen-bond donors (Lipinski definition) is 3. The zero-order valence-electron chi connectivity index (χ0n) is 9.73. The van der Waals surface area contributed by atoms with Crippen LogP contribution in [0.5, 0.6) is 0 Å². The Morgan fingerprint density at radius 2 is 2.24 bits per heavy atom. The van der Waals surface area contributed by atoms with E-state index >= 15 is 0 Å². The molecule has 1 fully saturated rings. The van der Waals surface area contributed by atoms with Crippen molar-refractivity contribution < 1.29 is 14.4 Å². The van der Waals surface area contributed by atoms with Gasteiger partial charge in [0.1, 0.15) is 6.04 Å². The van der Waals surface area contributed by atoms with E-state index < -0.39 is 6.04 Å². The highest BCUT2D eigenvalue weighted by Gasteiger charge is 2.25. The standard InChI is InChI=1S/C10H17N3O3S/c1-7(14)12-8(6-17)10(16)13-4-2-9(15)11-3-5-13/h8,17H,2-6H2,1H3,(H,11,15)(H,12,14). The van der Waals surface area contributed by atoms with Crippen molar-refractivity contribution in [3.63, 3.8) is 0 Å². The molecule has 0 spiro atoms. The molecular weight excluding hydrogens is 242 g/mol. The molecule has 2 N–H and O–H groups in total. The Balaban J connectivity index is 2.60. The third-order valence-corrected chi connectivity index (χ3v) is 2.85. The Hall–Kier alpha value is -1.24. The SMILES string of the molecule is CC(=O)NC(CS)C(=O)N1CCNC(=O)CC1. The van der Waals surface area contributed by atoms with Gasteiger partial charge in [-0.15, -0.1) is 0 Å². The Bertz CT molecular complexity index is 322. The summed E-state index contributed by atoms with van der Waals surface area (Å²) >= 11 is 4.05. The van der Waals surface area contributed by atoms with Crippen LogP contribution in [0.15, 0.2) is 0 Å². The lowest BCUT2D eigenvalue weighted by Crippen LogP contribution is -2.50. The van der Waals surface area contributed by atoms with E-state index in [1.54, 1.807) is 4.90 Å². The van der Waals surface area contributed by atoms with Crippen molar-refractivity contribution in [2.75, 3.05) is 25.4 Å². The van der Waals surface area contributed by atoms with E-state index in [1.165, 1.54) is 6.92 Å². The predicted molar refractivity (Wildman–Crippen MR) is 65.7 cm³/mol. The van der Waals surface area contributed by atoms with Crippen LogP contribution >= 0.6 is 12.6 Å². The van der Waals surface area contributed by atoms with Crippen LogP contribution in [0, 0.1) is 0 Å². The average molecular weight is 259 g/mol. The van der Waals surface area contributed by atoms with Gasteiger partial charge in [-0.2, -0.15) is 12.6 Å². The van der Waals surface area contributed by atoms with E-state index in [-0.39, 0.29) is 23.5 Å². The second-order valence-electron chi connectivity index (χ2n) is 3.86. The van der Waals surface area contributed by atoms with Gasteiger partial charge in [0.2, 0.25) is 17.7 Å². The largest absolute Gasteiger partial charge is 0.354 e. The van der Waals surface area contributed by atoms with Gasteiger partial charge in [0.25, 0.3) is 0 Å². The molecule has 0 radical (unpaired) electrons. The van der Waals surface area contributed by atoms with Gasteiger partial charge in [-0.05, 0) is 0 Å². The van der Waals surface area contributed by atoms with Crippen molar-refractivity contribution in [3.8, 4) is 0 Å². The molecule has 17 heavy (non-hydrogen) atoms. The maximum absolute atomic E-state index is 12.0. The molecule has 96 valence electrons. The fraction of sp³-hybridized carbons (Fsp3) is 0.700. The molecule has 0 aromatic heterocycles. The molecule has 3 amide bonds. The van der Waals surface area contributed by atoms with Crippen LogP contribution < -0.4 is 10.6 Å². The summed E-state index contributed by atoms with van der Waals surface area (Å²) in [4.78, 5) is 35.7. The van der Waals surface area contributed by atoms with E-state index in [2.05, 4.69) is 23.3 Å². The lowest BCUT2D eigenvalue weighted by molar-refractivity contribution is -0.135. The predicted octanol–water partition coefficient (Wildman–Crippen LogP) is -1.23. The summed E-state index contributed by atoms with van der Waals surface area (Å²) in [6, 6.07) is -0.621. The summed E-state index contributed by atoms with van der Waals surface area (Å²) in [6.07, 6.45) is 0.297. The first kappa shape index (κ1) is 13.8. The number of hydrogen-bond acceptors (Lipinski definition) is 4. The molecule has 6 nitrogen and oxygen atoms in total. The molecule has 7 heteroatoms. The van der Waals surface area contributed by atoms with Gasteiger partial charge < -0.3 is 15.5 Å². The van der Waals surface area contributed by atoms with Crippen molar-refractivity contribution in [1.29, 1.82) is 0 Å². The van der Waals surface area contributed by atoms with Crippen LogP contribution in [0.1, 0.15) is 13.3 Å². The Morgan fingerprint density at radius 3 is 2.82 bits per heavy atom. The second kappa shape index (κ2) is 6.48. The molecule has 1 aliphatic rings. The van der Waals surface area contributed by atoms with E-state index in [0.717, 1.165) is 0 Å². The van der Waals surface area contributed by atoms with E-state index in [9.17, 15) is 14.4 Å². The number of amides is 3. The lowest BCUT2D eigenvalue weighted by atomic mass is 10.2. The monoisotopic (exact) mass is 259 g/mol. The molecular formula is C10H17N3O3S. The average Bonchev–Trinajstić information content (AvgIpc) is 2.49. The molecule has 1 saturated heterocycles. The molecule has 0 bridgehead atoms. The summed E-state index contributed by atoms with van der Waals surface area (Å²) < 4.78 is 0. The summed E-state index contributed by atoms with van der Waals surface area (Å²) in [7, 11) is 0. The normalized spacial score (nSPS) is 18.0. The number of carbonyl (C=O) groups is 3. The topological polar surface area (TPSA) is 78.5 Å². The fourth-order valence-corrected chi connectivity index (χ4v) is 1.89. The molecule has 1 rings (SSSR count). The fourth-order valence-electron chi connectivity index (χ4n) is 1.64. The molecule has 0 aromatic carbocycles. The van der Waals surface area contributed by atoms with Crippen LogP contribution in [0.3, 0.4) is 0 Å². The first-order chi connectivity index (χ1) is 8.04. The molecule has 1 unspecified atom stereocenters. The highest BCUT2D eigenvalue weighted by Crippen LogP contribution is 2.02. The zero-order chi connectivity index (χ0) is 12.8. The van der Waals surface area contributed by atoms with E-state index in [1.807, 2.05) is 0 Å². The first-order valence-corrected chi connectivity index (χ1v) is 6.11. The minimum absolute atomic E-state index is 0.0535. The number of nitrogens with zero attached hydrogens (tertiary/aromatic N) is 1. The number of rotatable bonds is 3. The van der Waals surface area contributed by atoms with Gasteiger partial charge in [0.05, 0.1) is 0 Å². The van der Waals surface area contributed by atoms with Gasteiger partial charge >= 0.3 is 0 Å². The molecule has 0 aliphatic carbocycles. The van der Waals surface area contributed by atoms with Gasteiger partial charge in [0, 0.05) is 38.7 Å². The Morgan fingerprint density at radius 1 is 1.53 bits per heavy atom. The molecule has 1 aliphatic heterocycles. The summed E-state index contributed by atoms with van der Waals surface area (Å²) in [5, 5.41) is 5.23. The molecule has 0 aromatic rings. The van der Waals surface area contributed by atoms with Gasteiger partial charge in [-0.25, -0.2) is 0 Å². The Kier molecular flexibility index (Phi) is 5.27. The van der Waals surface area contributed by atoms with Crippen molar-refractivity contribution in [3.05, 3.63) is 0 Å². The summed E-state index contributed by atoms with van der Waals surface area (Å²) in [6.45, 7) is 2.66. The van der Waals surface area contributed by atoms with Crippen molar-refractivity contribution >= 4 is 30.4 Å². The van der Waals surface area contributed by atoms with E-state index in [4.69, 9.17) is 0 Å². The number of nitrogens with one attached hydrogen (secondary N) is 2. The van der Waals surface area contributed by atoms with Gasteiger partial charge in [-0.3, -0.25) is 14.4 Å². The third-order valence-electron chi connectivity index (χ3n) is 2.48. The van der Waals surface area contributed by atoms with Crippen LogP contribution in [-0.2, 0) is 14.4 Å². The van der Waals surface area contributed by atoms with E-state index in [0.29, 0.717) is 26.1 Å². The highest BCUT2D eigenvalue weighted by atomic mass is 32.1. The van der Waals surface area contributed by atoms with Crippen LogP contribution in [0.4, 0.5) is 0 Å². The summed E-state index contributed by atoms with van der Waals surface area (Å²) in [5.41, 5.74) is 0. The highest BCUT2D eigenvalue weighted by molar-refractivity contribution is 7.80. The van der Waals surface area contributed by atoms with Crippen molar-refractivity contribution in [2.24, 2.45) is 0 Å². The molecule has 0 saturated carbocycles. The summed E-state index contributed by atoms with van der Waals surface area (Å²) in [5.74, 6) is -0.258. The Labute approximate surface area is 106 Å². The maximum atomic E-state index is 12.0. The minimum Gasteiger partial charge on any atom is -0.354 e.